The molecular weight excluding hydrogens is 152 g/mol. The van der Waals surface area contributed by atoms with E-state index in [0.29, 0.717) is 0 Å². The van der Waals surface area contributed by atoms with E-state index in [0.717, 1.165) is 12.4 Å². The molecule has 0 aliphatic rings. The molecule has 0 saturated carbocycles. The van der Waals surface area contributed by atoms with Crippen molar-refractivity contribution in [2.45, 2.75) is 6.42 Å². The van der Waals surface area contributed by atoms with E-state index in [1.807, 2.05) is 0 Å². The number of hydrogen-bond acceptors (Lipinski definition) is 4. The van der Waals surface area contributed by atoms with Crippen molar-refractivity contribution in [2.75, 3.05) is 0 Å². The maximum Gasteiger partial charge on any atom is 0.230 e. The van der Waals surface area contributed by atoms with E-state index in [1.54, 1.807) is 0 Å². The first-order valence-electron chi connectivity index (χ1n) is 2.73. The van der Waals surface area contributed by atoms with Gasteiger partial charge in [-0.05, 0) is 18.6 Å². The summed E-state index contributed by atoms with van der Waals surface area (Å²) in [6, 6.07) is 0. The molecule has 0 saturated heterocycles. The molecule has 11 heavy (non-hydrogen) atoms. The lowest BCUT2D eigenvalue weighted by Gasteiger charge is -1.77. The number of nitro groups is 2. The molecule has 0 rings (SSSR count). The zero-order chi connectivity index (χ0) is 8.69. The molecule has 0 spiro atoms. The predicted octanol–water partition coefficient (Wildman–Crippen LogP) is 0.957. The number of rotatable bonds is 4. The van der Waals surface area contributed by atoms with Gasteiger partial charge in [-0.3, -0.25) is 20.2 Å². The molecule has 0 heterocycles. The van der Waals surface area contributed by atoms with Crippen LogP contribution in [0.2, 0.25) is 0 Å². The standard InChI is InChI=1S/C5H6N2O4/c8-6(9)4-2-1-3-5-7(10)11/h2-5H,1H2. The monoisotopic (exact) mass is 158 g/mol. The van der Waals surface area contributed by atoms with Gasteiger partial charge in [0.25, 0.3) is 0 Å². The Kier molecular flexibility index (Phi) is 4.30. The summed E-state index contributed by atoms with van der Waals surface area (Å²) in [5, 5.41) is 19.3. The predicted molar refractivity (Wildman–Crippen MR) is 36.9 cm³/mol. The van der Waals surface area contributed by atoms with Crippen molar-refractivity contribution in [1.29, 1.82) is 0 Å². The fraction of sp³-hybridized carbons (Fsp3) is 0.200. The van der Waals surface area contributed by atoms with Crippen LogP contribution in [0.25, 0.3) is 0 Å². The van der Waals surface area contributed by atoms with Crippen molar-refractivity contribution in [3.05, 3.63) is 44.8 Å². The van der Waals surface area contributed by atoms with Crippen LogP contribution in [0, 0.1) is 20.2 Å². The van der Waals surface area contributed by atoms with Gasteiger partial charge in [-0.2, -0.15) is 0 Å². The highest BCUT2D eigenvalue weighted by Gasteiger charge is 1.84. The van der Waals surface area contributed by atoms with Crippen molar-refractivity contribution in [3.8, 4) is 0 Å². The van der Waals surface area contributed by atoms with E-state index in [1.165, 1.54) is 12.2 Å². The molecule has 0 aromatic carbocycles. The largest absolute Gasteiger partial charge is 0.259 e. The molecule has 0 bridgehead atoms. The normalized spacial score (nSPS) is 10.9. The van der Waals surface area contributed by atoms with Crippen LogP contribution in [0.15, 0.2) is 24.6 Å². The molecule has 0 radical (unpaired) electrons. The molecule has 0 aliphatic carbocycles. The summed E-state index contributed by atoms with van der Waals surface area (Å²) >= 11 is 0. The van der Waals surface area contributed by atoms with E-state index in [-0.39, 0.29) is 6.42 Å². The van der Waals surface area contributed by atoms with E-state index in [9.17, 15) is 20.2 Å². The minimum atomic E-state index is -0.625. The lowest BCUT2D eigenvalue weighted by atomic mass is 10.4. The van der Waals surface area contributed by atoms with Gasteiger partial charge in [0, 0.05) is 0 Å². The zero-order valence-corrected chi connectivity index (χ0v) is 5.54. The van der Waals surface area contributed by atoms with Gasteiger partial charge in [-0.15, -0.1) is 0 Å². The Morgan fingerprint density at radius 3 is 1.64 bits per heavy atom. The number of hydrogen-bond donors (Lipinski definition) is 0. The second-order valence-corrected chi connectivity index (χ2v) is 1.58. The van der Waals surface area contributed by atoms with Crippen LogP contribution in [0.5, 0.6) is 0 Å². The van der Waals surface area contributed by atoms with Gasteiger partial charge in [0.2, 0.25) is 12.4 Å². The Balaban J connectivity index is 3.57. The van der Waals surface area contributed by atoms with E-state index in [2.05, 4.69) is 0 Å². The first-order chi connectivity index (χ1) is 5.13. The quantitative estimate of drug-likeness (QED) is 0.450. The summed E-state index contributed by atoms with van der Waals surface area (Å²) in [5.74, 6) is 0. The minimum absolute atomic E-state index is 0.196. The number of nitrogens with zero attached hydrogens (tertiary/aromatic N) is 2. The summed E-state index contributed by atoms with van der Waals surface area (Å²) < 4.78 is 0. The molecule has 0 unspecified atom stereocenters. The molecule has 0 aliphatic heterocycles. The highest BCUT2D eigenvalue weighted by Crippen LogP contribution is 1.85. The Hall–Kier alpha value is -1.72. The average molecular weight is 158 g/mol. The van der Waals surface area contributed by atoms with Crippen LogP contribution in [-0.2, 0) is 0 Å². The van der Waals surface area contributed by atoms with Crippen molar-refractivity contribution >= 4 is 0 Å². The van der Waals surface area contributed by atoms with Gasteiger partial charge in [0.1, 0.15) is 0 Å². The highest BCUT2D eigenvalue weighted by atomic mass is 16.6. The molecule has 0 aromatic heterocycles. The van der Waals surface area contributed by atoms with Crippen molar-refractivity contribution in [2.24, 2.45) is 0 Å². The second-order valence-electron chi connectivity index (χ2n) is 1.58. The zero-order valence-electron chi connectivity index (χ0n) is 5.54. The first-order valence-corrected chi connectivity index (χ1v) is 2.73. The molecule has 0 N–H and O–H groups in total. The van der Waals surface area contributed by atoms with Crippen LogP contribution >= 0.6 is 0 Å². The van der Waals surface area contributed by atoms with Gasteiger partial charge in [-0.25, -0.2) is 0 Å². The minimum Gasteiger partial charge on any atom is -0.259 e. The SMILES string of the molecule is O=[N+]([O-])C=CCC=C[N+](=O)[O-]. The molecule has 6 nitrogen and oxygen atoms in total. The van der Waals surface area contributed by atoms with Gasteiger partial charge in [-0.1, -0.05) is 0 Å². The molecule has 60 valence electrons. The summed E-state index contributed by atoms with van der Waals surface area (Å²) in [5.41, 5.74) is 0. The van der Waals surface area contributed by atoms with Crippen molar-refractivity contribution in [3.63, 3.8) is 0 Å². The molecular formula is C5H6N2O4. The Morgan fingerprint density at radius 1 is 1.00 bits per heavy atom. The Labute approximate surface area is 62.1 Å². The van der Waals surface area contributed by atoms with Crippen LogP contribution in [0.1, 0.15) is 6.42 Å². The van der Waals surface area contributed by atoms with Crippen LogP contribution in [0.4, 0.5) is 0 Å². The lowest BCUT2D eigenvalue weighted by molar-refractivity contribution is -0.403. The van der Waals surface area contributed by atoms with Crippen molar-refractivity contribution < 1.29 is 9.85 Å². The van der Waals surface area contributed by atoms with E-state index >= 15 is 0 Å². The number of allylic oxidation sites excluding steroid dienone is 2. The van der Waals surface area contributed by atoms with E-state index < -0.39 is 9.85 Å². The molecule has 0 aromatic rings. The summed E-state index contributed by atoms with van der Waals surface area (Å²) in [6.45, 7) is 0. The lowest BCUT2D eigenvalue weighted by Crippen LogP contribution is -1.83. The smallest absolute Gasteiger partial charge is 0.230 e. The topological polar surface area (TPSA) is 86.3 Å². The molecule has 0 fully saturated rings. The first kappa shape index (κ1) is 9.28. The van der Waals surface area contributed by atoms with Crippen LogP contribution in [-0.4, -0.2) is 9.85 Å². The summed E-state index contributed by atoms with van der Waals surface area (Å²) in [7, 11) is 0. The molecule has 6 heteroatoms. The van der Waals surface area contributed by atoms with Gasteiger partial charge in [0.05, 0.1) is 9.85 Å². The van der Waals surface area contributed by atoms with Gasteiger partial charge >= 0.3 is 0 Å². The summed E-state index contributed by atoms with van der Waals surface area (Å²) in [4.78, 5) is 18.1. The highest BCUT2D eigenvalue weighted by molar-refractivity contribution is 4.85. The van der Waals surface area contributed by atoms with E-state index in [4.69, 9.17) is 0 Å². The third-order valence-electron chi connectivity index (χ3n) is 0.726. The van der Waals surface area contributed by atoms with Gasteiger partial charge in [0.15, 0.2) is 0 Å². The molecule has 0 atom stereocenters. The van der Waals surface area contributed by atoms with Crippen molar-refractivity contribution in [1.82, 2.24) is 0 Å². The fourth-order valence-electron chi connectivity index (χ4n) is 0.372. The molecule has 0 amide bonds. The second kappa shape index (κ2) is 5.10. The summed E-state index contributed by atoms with van der Waals surface area (Å²) in [6.07, 6.45) is 4.12. The van der Waals surface area contributed by atoms with Crippen LogP contribution in [0.3, 0.4) is 0 Å². The average Bonchev–Trinajstić information content (AvgIpc) is 1.85. The maximum atomic E-state index is 9.66. The Bertz CT molecular complexity index is 187. The van der Waals surface area contributed by atoms with Gasteiger partial charge < -0.3 is 0 Å². The fourth-order valence-corrected chi connectivity index (χ4v) is 0.372. The maximum absolute atomic E-state index is 9.66. The third kappa shape index (κ3) is 8.28. The Morgan fingerprint density at radius 2 is 1.36 bits per heavy atom. The third-order valence-corrected chi connectivity index (χ3v) is 0.726. The van der Waals surface area contributed by atoms with Crippen LogP contribution < -0.4 is 0 Å².